The van der Waals surface area contributed by atoms with Crippen LogP contribution in [0.15, 0.2) is 41.7 Å². The molecule has 0 aliphatic heterocycles. The Bertz CT molecular complexity index is 743. The number of carbonyl (C=O) groups is 2. The fourth-order valence-corrected chi connectivity index (χ4v) is 2.42. The number of amides is 1. The van der Waals surface area contributed by atoms with E-state index in [1.807, 2.05) is 18.2 Å². The highest BCUT2D eigenvalue weighted by atomic mass is 35.5. The van der Waals surface area contributed by atoms with E-state index < -0.39 is 12.1 Å². The topological polar surface area (TPSA) is 72.4 Å². The molecule has 0 radical (unpaired) electrons. The molecule has 1 atom stereocenters. The average molecular weight is 366 g/mol. The first-order valence-corrected chi connectivity index (χ1v) is 8.64. The van der Waals surface area contributed by atoms with Gasteiger partial charge in [0.15, 0.2) is 17.0 Å². The molecule has 0 N–H and O–H groups in total. The van der Waals surface area contributed by atoms with E-state index in [1.54, 1.807) is 25.4 Å². The van der Waals surface area contributed by atoms with Crippen molar-refractivity contribution in [3.05, 3.63) is 47.2 Å². The number of ether oxygens (including phenoxy) is 1. The number of para-hydroxylation sites is 1. The lowest BCUT2D eigenvalue weighted by atomic mass is 10.2. The molecule has 1 amide bonds. The van der Waals surface area contributed by atoms with E-state index in [0.717, 1.165) is 0 Å². The van der Waals surface area contributed by atoms with Crippen molar-refractivity contribution in [3.8, 4) is 0 Å². The molecule has 2 aromatic rings. The van der Waals surface area contributed by atoms with Crippen molar-refractivity contribution in [1.29, 1.82) is 0 Å². The highest BCUT2D eigenvalue weighted by Crippen LogP contribution is 2.19. The van der Waals surface area contributed by atoms with E-state index in [4.69, 9.17) is 16.3 Å². The third kappa shape index (κ3) is 4.24. The molecule has 1 aromatic heterocycles. The van der Waals surface area contributed by atoms with Crippen molar-refractivity contribution in [3.63, 3.8) is 0 Å². The number of nitrogens with zero attached hydrogens (tertiary/aromatic N) is 3. The summed E-state index contributed by atoms with van der Waals surface area (Å²) in [4.78, 5) is 34.0. The third-order valence-electron chi connectivity index (χ3n) is 3.20. The Hall–Kier alpha value is -2.12. The minimum atomic E-state index is -0.980. The SMILES string of the molecule is CSc1ncc(Cl)c(C(=O)OC(C)C(=O)N(C)c2ccccc2)n1. The second-order valence-electron chi connectivity index (χ2n) is 4.83. The molecule has 0 saturated heterocycles. The van der Waals surface area contributed by atoms with E-state index >= 15 is 0 Å². The van der Waals surface area contributed by atoms with Crippen molar-refractivity contribution in [2.75, 3.05) is 18.2 Å². The summed E-state index contributed by atoms with van der Waals surface area (Å²) in [5.41, 5.74) is 0.646. The quantitative estimate of drug-likeness (QED) is 0.460. The number of likely N-dealkylation sites (N-methyl/N-ethyl adjacent to an activating group) is 1. The first kappa shape index (κ1) is 18.2. The molecule has 0 aliphatic rings. The van der Waals surface area contributed by atoms with Crippen LogP contribution in [-0.4, -0.2) is 41.3 Å². The van der Waals surface area contributed by atoms with E-state index in [9.17, 15) is 9.59 Å². The lowest BCUT2D eigenvalue weighted by Crippen LogP contribution is -2.37. The lowest BCUT2D eigenvalue weighted by molar-refractivity contribution is -0.126. The molecule has 0 aliphatic carbocycles. The number of halogens is 1. The van der Waals surface area contributed by atoms with Crippen LogP contribution in [0.5, 0.6) is 0 Å². The average Bonchev–Trinajstić information content (AvgIpc) is 2.61. The molecule has 0 spiro atoms. The first-order valence-electron chi connectivity index (χ1n) is 7.04. The number of carbonyl (C=O) groups excluding carboxylic acids is 2. The van der Waals surface area contributed by atoms with Gasteiger partial charge in [-0.15, -0.1) is 0 Å². The molecular weight excluding hydrogens is 350 g/mol. The minimum absolute atomic E-state index is 0.0574. The number of anilines is 1. The Kier molecular flexibility index (Phi) is 6.16. The second kappa shape index (κ2) is 8.12. The summed E-state index contributed by atoms with van der Waals surface area (Å²) < 4.78 is 5.21. The van der Waals surface area contributed by atoms with Crippen LogP contribution >= 0.6 is 23.4 Å². The van der Waals surface area contributed by atoms with Crippen LogP contribution in [-0.2, 0) is 9.53 Å². The minimum Gasteiger partial charge on any atom is -0.448 e. The monoisotopic (exact) mass is 365 g/mol. The summed E-state index contributed by atoms with van der Waals surface area (Å²) >= 11 is 7.21. The fraction of sp³-hybridized carbons (Fsp3) is 0.250. The predicted molar refractivity (Wildman–Crippen MR) is 93.6 cm³/mol. The highest BCUT2D eigenvalue weighted by molar-refractivity contribution is 7.98. The normalized spacial score (nSPS) is 11.7. The Morgan fingerprint density at radius 2 is 1.96 bits per heavy atom. The number of esters is 1. The van der Waals surface area contributed by atoms with Crippen LogP contribution in [0.4, 0.5) is 5.69 Å². The maximum Gasteiger partial charge on any atom is 0.359 e. The van der Waals surface area contributed by atoms with Crippen molar-refractivity contribution in [2.45, 2.75) is 18.2 Å². The van der Waals surface area contributed by atoms with Crippen molar-refractivity contribution in [2.24, 2.45) is 0 Å². The van der Waals surface area contributed by atoms with Gasteiger partial charge in [0.25, 0.3) is 5.91 Å². The van der Waals surface area contributed by atoms with Gasteiger partial charge in [-0.05, 0) is 25.3 Å². The zero-order chi connectivity index (χ0) is 17.7. The van der Waals surface area contributed by atoms with Crippen LogP contribution in [0.1, 0.15) is 17.4 Å². The molecule has 24 heavy (non-hydrogen) atoms. The van der Waals surface area contributed by atoms with Gasteiger partial charge in [0, 0.05) is 12.7 Å². The van der Waals surface area contributed by atoms with Gasteiger partial charge in [0.05, 0.1) is 11.2 Å². The van der Waals surface area contributed by atoms with E-state index in [-0.39, 0.29) is 16.6 Å². The number of aromatic nitrogens is 2. The molecule has 1 unspecified atom stereocenters. The molecule has 1 aromatic carbocycles. The number of hydrogen-bond acceptors (Lipinski definition) is 6. The lowest BCUT2D eigenvalue weighted by Gasteiger charge is -2.21. The van der Waals surface area contributed by atoms with Crippen LogP contribution in [0.3, 0.4) is 0 Å². The van der Waals surface area contributed by atoms with E-state index in [0.29, 0.717) is 10.8 Å². The summed E-state index contributed by atoms with van der Waals surface area (Å²) in [6, 6.07) is 9.07. The summed E-state index contributed by atoms with van der Waals surface area (Å²) in [5.74, 6) is -1.12. The van der Waals surface area contributed by atoms with Gasteiger partial charge < -0.3 is 9.64 Å². The number of rotatable bonds is 5. The van der Waals surface area contributed by atoms with Crippen LogP contribution < -0.4 is 4.90 Å². The zero-order valence-corrected chi connectivity index (χ0v) is 15.0. The Morgan fingerprint density at radius 3 is 2.58 bits per heavy atom. The fourth-order valence-electron chi connectivity index (χ4n) is 1.91. The van der Waals surface area contributed by atoms with Gasteiger partial charge in [-0.2, -0.15) is 0 Å². The van der Waals surface area contributed by atoms with Crippen LogP contribution in [0.25, 0.3) is 0 Å². The Balaban J connectivity index is 2.10. The van der Waals surface area contributed by atoms with Gasteiger partial charge in [0.2, 0.25) is 0 Å². The Morgan fingerprint density at radius 1 is 1.29 bits per heavy atom. The molecule has 0 saturated carbocycles. The van der Waals surface area contributed by atoms with E-state index in [2.05, 4.69) is 9.97 Å². The highest BCUT2D eigenvalue weighted by Gasteiger charge is 2.25. The van der Waals surface area contributed by atoms with Crippen LogP contribution in [0.2, 0.25) is 5.02 Å². The van der Waals surface area contributed by atoms with Crippen molar-refractivity contribution in [1.82, 2.24) is 9.97 Å². The van der Waals surface area contributed by atoms with Crippen molar-refractivity contribution < 1.29 is 14.3 Å². The van der Waals surface area contributed by atoms with Gasteiger partial charge in [0.1, 0.15) is 0 Å². The van der Waals surface area contributed by atoms with E-state index in [1.165, 1.54) is 29.8 Å². The maximum atomic E-state index is 12.4. The molecule has 0 bridgehead atoms. The van der Waals surface area contributed by atoms with Gasteiger partial charge in [-0.3, -0.25) is 4.79 Å². The first-order chi connectivity index (χ1) is 11.4. The molecule has 6 nitrogen and oxygen atoms in total. The third-order valence-corrected chi connectivity index (χ3v) is 4.04. The molecule has 1 heterocycles. The molecule has 126 valence electrons. The maximum absolute atomic E-state index is 12.4. The predicted octanol–water partition coefficient (Wildman–Crippen LogP) is 3.06. The van der Waals surface area contributed by atoms with Gasteiger partial charge in [-0.1, -0.05) is 41.6 Å². The van der Waals surface area contributed by atoms with Crippen molar-refractivity contribution >= 4 is 40.9 Å². The molecule has 0 fully saturated rings. The Labute approximate surface area is 149 Å². The molecular formula is C16H16ClN3O3S. The van der Waals surface area contributed by atoms with Gasteiger partial charge in [-0.25, -0.2) is 14.8 Å². The largest absolute Gasteiger partial charge is 0.448 e. The van der Waals surface area contributed by atoms with Gasteiger partial charge >= 0.3 is 5.97 Å². The van der Waals surface area contributed by atoms with Crippen LogP contribution in [0, 0.1) is 0 Å². The summed E-state index contributed by atoms with van der Waals surface area (Å²) in [6.45, 7) is 1.50. The molecule has 2 rings (SSSR count). The summed E-state index contributed by atoms with van der Waals surface area (Å²) in [5, 5.41) is 0.473. The summed E-state index contributed by atoms with van der Waals surface area (Å²) in [6.07, 6.45) is 2.13. The number of thioether (sulfide) groups is 1. The number of benzene rings is 1. The zero-order valence-electron chi connectivity index (χ0n) is 13.4. The summed E-state index contributed by atoms with van der Waals surface area (Å²) in [7, 11) is 1.62. The standard InChI is InChI=1S/C16H16ClN3O3S/c1-10(14(21)20(2)11-7-5-4-6-8-11)23-15(22)13-12(17)9-18-16(19-13)24-3/h4-10H,1-3H3. The second-order valence-corrected chi connectivity index (χ2v) is 6.01. The number of hydrogen-bond donors (Lipinski definition) is 0. The smallest absolute Gasteiger partial charge is 0.359 e. The molecule has 8 heteroatoms.